The summed E-state index contributed by atoms with van der Waals surface area (Å²) in [7, 11) is 0. The Kier molecular flexibility index (Phi) is 3.45. The molecule has 0 radical (unpaired) electrons. The molecule has 1 aliphatic heterocycles. The number of carbonyl (C=O) groups is 1. The van der Waals surface area contributed by atoms with Crippen LogP contribution in [0.5, 0.6) is 0 Å². The number of ketones is 1. The maximum atomic E-state index is 13.6. The van der Waals surface area contributed by atoms with Crippen molar-refractivity contribution in [1.82, 2.24) is 9.78 Å². The van der Waals surface area contributed by atoms with Gasteiger partial charge >= 0.3 is 6.18 Å². The molecule has 1 N–H and O–H groups in total. The molecule has 1 aliphatic carbocycles. The number of allylic oxidation sites excluding steroid dienone is 2. The molecule has 0 saturated carbocycles. The van der Waals surface area contributed by atoms with Gasteiger partial charge in [0.05, 0.1) is 11.8 Å². The lowest BCUT2D eigenvalue weighted by atomic mass is 9.85. The van der Waals surface area contributed by atoms with Crippen molar-refractivity contribution < 1.29 is 22.4 Å². The predicted molar refractivity (Wildman–Crippen MR) is 81.3 cm³/mol. The van der Waals surface area contributed by atoms with E-state index in [0.29, 0.717) is 36.4 Å². The Morgan fingerprint density at radius 1 is 1.20 bits per heavy atom. The van der Waals surface area contributed by atoms with Crippen LogP contribution in [0.3, 0.4) is 0 Å². The highest BCUT2D eigenvalue weighted by molar-refractivity contribution is 5.99. The lowest BCUT2D eigenvalue weighted by Crippen LogP contribution is -2.31. The van der Waals surface area contributed by atoms with Crippen LogP contribution in [0.4, 0.5) is 23.4 Å². The van der Waals surface area contributed by atoms with E-state index in [9.17, 15) is 22.4 Å². The molecule has 1 unspecified atom stereocenters. The van der Waals surface area contributed by atoms with Crippen LogP contribution in [-0.2, 0) is 11.0 Å². The Balaban J connectivity index is 1.91. The molecule has 2 aliphatic rings. The summed E-state index contributed by atoms with van der Waals surface area (Å²) in [5, 5.41) is 7.28. The highest BCUT2D eigenvalue weighted by Crippen LogP contribution is 2.42. The van der Waals surface area contributed by atoms with Gasteiger partial charge in [0.2, 0.25) is 0 Å². The standard InChI is InChI=1S/C17H13F4N3O/c18-11-5-4-9(8-10(11)17(19,20)21)16-15-12(2-1-3-13(15)25)23-14-6-7-22-24(14)16/h4-8,16,23H,1-3H2. The molecule has 0 spiro atoms. The number of halogens is 4. The van der Waals surface area contributed by atoms with Crippen molar-refractivity contribution in [3.8, 4) is 0 Å². The summed E-state index contributed by atoms with van der Waals surface area (Å²) in [5.41, 5.74) is -0.0557. The van der Waals surface area contributed by atoms with Crippen molar-refractivity contribution in [2.45, 2.75) is 31.5 Å². The van der Waals surface area contributed by atoms with E-state index in [1.807, 2.05) is 0 Å². The number of Topliss-reactive ketones (excluding diaryl/α,β-unsaturated/α-hetero) is 1. The van der Waals surface area contributed by atoms with Crippen LogP contribution >= 0.6 is 0 Å². The first kappa shape index (κ1) is 15.9. The summed E-state index contributed by atoms with van der Waals surface area (Å²) >= 11 is 0. The topological polar surface area (TPSA) is 46.9 Å². The third-order valence-corrected chi connectivity index (χ3v) is 4.53. The molecule has 0 fully saturated rings. The number of aromatic nitrogens is 2. The van der Waals surface area contributed by atoms with E-state index in [4.69, 9.17) is 0 Å². The Labute approximate surface area is 140 Å². The van der Waals surface area contributed by atoms with E-state index in [0.717, 1.165) is 12.1 Å². The molecule has 1 aromatic heterocycles. The molecule has 2 aromatic rings. The van der Waals surface area contributed by atoms with Crippen LogP contribution in [0.15, 0.2) is 41.7 Å². The molecule has 4 nitrogen and oxygen atoms in total. The molecular formula is C17H13F4N3O. The Hall–Kier alpha value is -2.64. The number of nitrogens with zero attached hydrogens (tertiary/aromatic N) is 2. The van der Waals surface area contributed by atoms with E-state index in [1.165, 1.54) is 16.9 Å². The lowest BCUT2D eigenvalue weighted by Gasteiger charge is -2.33. The molecule has 8 heteroatoms. The second-order valence-electron chi connectivity index (χ2n) is 6.09. The Morgan fingerprint density at radius 3 is 2.76 bits per heavy atom. The number of fused-ring (bicyclic) bond motifs is 1. The van der Waals surface area contributed by atoms with Gasteiger partial charge in [-0.1, -0.05) is 6.07 Å². The first-order valence-corrected chi connectivity index (χ1v) is 7.79. The molecule has 130 valence electrons. The normalized spacial score (nSPS) is 20.2. The molecule has 2 heterocycles. The largest absolute Gasteiger partial charge is 0.419 e. The fraction of sp³-hybridized carbons (Fsp3) is 0.294. The van der Waals surface area contributed by atoms with Crippen LogP contribution in [0.1, 0.15) is 36.4 Å². The second kappa shape index (κ2) is 5.44. The molecule has 4 rings (SSSR count). The van der Waals surface area contributed by atoms with Crippen molar-refractivity contribution in [2.75, 3.05) is 5.32 Å². The zero-order chi connectivity index (χ0) is 17.8. The molecule has 0 bridgehead atoms. The Bertz CT molecular complexity index is 898. The minimum Gasteiger partial charge on any atom is -0.343 e. The SMILES string of the molecule is O=C1CCCC2=C1C(c1ccc(F)c(C(F)(F)F)c1)n1nccc1N2. The van der Waals surface area contributed by atoms with Gasteiger partial charge in [-0.2, -0.15) is 18.3 Å². The number of rotatable bonds is 1. The fourth-order valence-electron chi connectivity index (χ4n) is 3.44. The summed E-state index contributed by atoms with van der Waals surface area (Å²) in [5.74, 6) is -0.871. The smallest absolute Gasteiger partial charge is 0.343 e. The highest BCUT2D eigenvalue weighted by atomic mass is 19.4. The fourth-order valence-corrected chi connectivity index (χ4v) is 3.44. The van der Waals surface area contributed by atoms with Gasteiger partial charge in [-0.05, 0) is 30.5 Å². The zero-order valence-electron chi connectivity index (χ0n) is 12.9. The summed E-state index contributed by atoms with van der Waals surface area (Å²) < 4.78 is 54.4. The second-order valence-corrected chi connectivity index (χ2v) is 6.09. The summed E-state index contributed by atoms with van der Waals surface area (Å²) in [6, 6.07) is 3.72. The van der Waals surface area contributed by atoms with Gasteiger partial charge in [0.15, 0.2) is 5.78 Å². The van der Waals surface area contributed by atoms with Gasteiger partial charge in [-0.25, -0.2) is 9.07 Å². The number of carbonyl (C=O) groups excluding carboxylic acids is 1. The molecule has 25 heavy (non-hydrogen) atoms. The van der Waals surface area contributed by atoms with Crippen LogP contribution in [0, 0.1) is 5.82 Å². The number of alkyl halides is 3. The number of nitrogens with one attached hydrogen (secondary N) is 1. The number of hydrogen-bond acceptors (Lipinski definition) is 3. The summed E-state index contributed by atoms with van der Waals surface area (Å²) in [4.78, 5) is 12.5. The number of benzene rings is 1. The molecule has 1 aromatic carbocycles. The van der Waals surface area contributed by atoms with Crippen molar-refractivity contribution in [1.29, 1.82) is 0 Å². The van der Waals surface area contributed by atoms with Crippen LogP contribution in [-0.4, -0.2) is 15.6 Å². The van der Waals surface area contributed by atoms with E-state index in [-0.39, 0.29) is 11.3 Å². The zero-order valence-corrected chi connectivity index (χ0v) is 12.9. The van der Waals surface area contributed by atoms with Gasteiger partial charge < -0.3 is 5.32 Å². The summed E-state index contributed by atoms with van der Waals surface area (Å²) in [6.07, 6.45) is -1.65. The third-order valence-electron chi connectivity index (χ3n) is 4.53. The van der Waals surface area contributed by atoms with Crippen LogP contribution < -0.4 is 5.32 Å². The molecular weight excluding hydrogens is 338 g/mol. The number of anilines is 1. The van der Waals surface area contributed by atoms with Crippen molar-refractivity contribution >= 4 is 11.6 Å². The van der Waals surface area contributed by atoms with Crippen molar-refractivity contribution in [3.63, 3.8) is 0 Å². The minimum absolute atomic E-state index is 0.127. The van der Waals surface area contributed by atoms with Crippen LogP contribution in [0.2, 0.25) is 0 Å². The van der Waals surface area contributed by atoms with Crippen LogP contribution in [0.25, 0.3) is 0 Å². The first-order chi connectivity index (χ1) is 11.9. The molecule has 0 saturated heterocycles. The predicted octanol–water partition coefficient (Wildman–Crippen LogP) is 4.06. The van der Waals surface area contributed by atoms with Gasteiger partial charge in [-0.3, -0.25) is 4.79 Å². The van der Waals surface area contributed by atoms with Crippen molar-refractivity contribution in [3.05, 3.63) is 58.7 Å². The average Bonchev–Trinajstić information content (AvgIpc) is 3.01. The summed E-state index contributed by atoms with van der Waals surface area (Å²) in [6.45, 7) is 0. The maximum Gasteiger partial charge on any atom is 0.419 e. The average molecular weight is 351 g/mol. The number of hydrogen-bond donors (Lipinski definition) is 1. The third kappa shape index (κ3) is 2.52. The van der Waals surface area contributed by atoms with E-state index >= 15 is 0 Å². The minimum atomic E-state index is -4.81. The molecule has 0 amide bonds. The first-order valence-electron chi connectivity index (χ1n) is 7.79. The van der Waals surface area contributed by atoms with Gasteiger partial charge in [0, 0.05) is 23.8 Å². The maximum absolute atomic E-state index is 13.6. The van der Waals surface area contributed by atoms with Gasteiger partial charge in [0.25, 0.3) is 0 Å². The monoisotopic (exact) mass is 351 g/mol. The van der Waals surface area contributed by atoms with E-state index in [1.54, 1.807) is 6.07 Å². The quantitative estimate of drug-likeness (QED) is 0.788. The van der Waals surface area contributed by atoms with E-state index < -0.39 is 23.6 Å². The van der Waals surface area contributed by atoms with Crippen molar-refractivity contribution in [2.24, 2.45) is 0 Å². The van der Waals surface area contributed by atoms with Gasteiger partial charge in [-0.15, -0.1) is 0 Å². The lowest BCUT2D eigenvalue weighted by molar-refractivity contribution is -0.140. The highest BCUT2D eigenvalue weighted by Gasteiger charge is 2.38. The Morgan fingerprint density at radius 2 is 2.00 bits per heavy atom. The van der Waals surface area contributed by atoms with E-state index in [2.05, 4.69) is 10.4 Å². The van der Waals surface area contributed by atoms with Gasteiger partial charge in [0.1, 0.15) is 17.7 Å². The molecule has 1 atom stereocenters.